The van der Waals surface area contributed by atoms with E-state index in [4.69, 9.17) is 0 Å². The average molecular weight is 127 g/mol. The molecule has 0 aliphatic rings. The molecule has 0 aromatic rings. The average Bonchev–Trinajstić information content (AvgIpc) is 1.85. The molecule has 0 N–H and O–H groups in total. The summed E-state index contributed by atoms with van der Waals surface area (Å²) >= 11 is 0. The molecule has 3 heteroatoms. The van der Waals surface area contributed by atoms with E-state index < -0.39 is 12.6 Å². The highest BCUT2D eigenvalue weighted by Gasteiger charge is 1.97. The Morgan fingerprint density at radius 1 is 1.67 bits per heavy atom. The van der Waals surface area contributed by atoms with Gasteiger partial charge >= 0.3 is 5.97 Å². The first-order valence-electron chi connectivity index (χ1n) is 2.50. The molecule has 1 radical (unpaired) electrons. The third-order valence-corrected chi connectivity index (χ3v) is 0.573. The molecule has 0 aliphatic carbocycles. The van der Waals surface area contributed by atoms with Gasteiger partial charge in [0.2, 0.25) is 0 Å². The zero-order valence-electron chi connectivity index (χ0n) is 5.14. The van der Waals surface area contributed by atoms with Crippen LogP contribution in [0.1, 0.15) is 13.3 Å². The van der Waals surface area contributed by atoms with Crippen LogP contribution >= 0.6 is 0 Å². The van der Waals surface area contributed by atoms with E-state index in [9.17, 15) is 9.90 Å². The van der Waals surface area contributed by atoms with Crippen LogP contribution in [0.2, 0.25) is 0 Å². The maximum Gasteiger partial charge on any atom is 0.322 e. The standard InChI is InChI=1S/C6H7O3/c1-2-5-9-6(8)3-4-7/h3-4H2,1H3. The number of carbonyl (C=O) groups excluding carboxylic acids is 1. The van der Waals surface area contributed by atoms with Crippen molar-refractivity contribution in [2.75, 3.05) is 6.61 Å². The molecular formula is C6H7O3. The molecular weight excluding hydrogens is 120 g/mol. The van der Waals surface area contributed by atoms with Crippen molar-refractivity contribution in [1.82, 2.24) is 0 Å². The molecule has 0 heterocycles. The van der Waals surface area contributed by atoms with Crippen molar-refractivity contribution in [3.8, 4) is 12.0 Å². The predicted molar refractivity (Wildman–Crippen MR) is 29.7 cm³/mol. The van der Waals surface area contributed by atoms with E-state index in [2.05, 4.69) is 16.8 Å². The predicted octanol–water partition coefficient (Wildman–Crippen LogP) is 0.331. The third-order valence-electron chi connectivity index (χ3n) is 0.573. The Bertz CT molecular complexity index is 140. The summed E-state index contributed by atoms with van der Waals surface area (Å²) in [4.78, 5) is 10.3. The van der Waals surface area contributed by atoms with E-state index in [1.807, 2.05) is 0 Å². The van der Waals surface area contributed by atoms with Gasteiger partial charge in [-0.1, -0.05) is 5.92 Å². The summed E-state index contributed by atoms with van der Waals surface area (Å²) in [6.45, 7) is 1.11. The van der Waals surface area contributed by atoms with Crippen LogP contribution < -0.4 is 0 Å². The van der Waals surface area contributed by atoms with Gasteiger partial charge in [-0.25, -0.2) is 5.11 Å². The van der Waals surface area contributed by atoms with Gasteiger partial charge in [-0.05, 0) is 0 Å². The lowest BCUT2D eigenvalue weighted by Gasteiger charge is -1.88. The lowest BCUT2D eigenvalue weighted by Crippen LogP contribution is -2.00. The van der Waals surface area contributed by atoms with Gasteiger partial charge in [0.05, 0.1) is 13.0 Å². The molecule has 0 unspecified atom stereocenters. The van der Waals surface area contributed by atoms with Crippen molar-refractivity contribution in [3.05, 3.63) is 0 Å². The van der Waals surface area contributed by atoms with E-state index in [1.165, 1.54) is 0 Å². The molecule has 9 heavy (non-hydrogen) atoms. The van der Waals surface area contributed by atoms with Crippen LogP contribution in [0.25, 0.3) is 0 Å². The zero-order valence-corrected chi connectivity index (χ0v) is 5.14. The van der Waals surface area contributed by atoms with E-state index in [0.29, 0.717) is 0 Å². The number of carbonyl (C=O) groups is 1. The van der Waals surface area contributed by atoms with Gasteiger partial charge in [0.1, 0.15) is 6.11 Å². The highest BCUT2D eigenvalue weighted by Crippen LogP contribution is 1.81. The topological polar surface area (TPSA) is 46.2 Å². The molecule has 0 bridgehead atoms. The van der Waals surface area contributed by atoms with Crippen LogP contribution in [0.15, 0.2) is 0 Å². The van der Waals surface area contributed by atoms with Gasteiger partial charge in [0, 0.05) is 6.92 Å². The van der Waals surface area contributed by atoms with Gasteiger partial charge in [-0.3, -0.25) is 4.79 Å². The van der Waals surface area contributed by atoms with E-state index in [0.717, 1.165) is 0 Å². The quantitative estimate of drug-likeness (QED) is 0.396. The summed E-state index contributed by atoms with van der Waals surface area (Å²) in [6.07, 6.45) is 1.99. The molecule has 3 nitrogen and oxygen atoms in total. The number of ether oxygens (including phenoxy) is 1. The van der Waals surface area contributed by atoms with Gasteiger partial charge in [-0.15, -0.1) is 0 Å². The second kappa shape index (κ2) is 5.13. The molecule has 0 amide bonds. The van der Waals surface area contributed by atoms with Crippen LogP contribution in [0.5, 0.6) is 0 Å². The van der Waals surface area contributed by atoms with E-state index in [-0.39, 0.29) is 6.42 Å². The van der Waals surface area contributed by atoms with Crippen molar-refractivity contribution in [2.45, 2.75) is 13.3 Å². The lowest BCUT2D eigenvalue weighted by atomic mass is 10.5. The summed E-state index contributed by atoms with van der Waals surface area (Å²) < 4.78 is 4.23. The minimum absolute atomic E-state index is 0.103. The van der Waals surface area contributed by atoms with Crippen LogP contribution in [-0.2, 0) is 14.6 Å². The highest BCUT2D eigenvalue weighted by atomic mass is 16.5. The Kier molecular flexibility index (Phi) is 4.56. The molecule has 0 aromatic carbocycles. The molecule has 0 spiro atoms. The maximum absolute atomic E-state index is 10.3. The Morgan fingerprint density at radius 2 is 2.33 bits per heavy atom. The Morgan fingerprint density at radius 3 is 2.78 bits per heavy atom. The minimum atomic E-state index is -0.556. The molecule has 0 rings (SSSR count). The fourth-order valence-corrected chi connectivity index (χ4v) is 0.242. The number of esters is 1. The molecule has 0 saturated heterocycles. The van der Waals surface area contributed by atoms with Crippen LogP contribution in [0, 0.1) is 12.0 Å². The lowest BCUT2D eigenvalue weighted by molar-refractivity contribution is -0.137. The Labute approximate surface area is 53.6 Å². The first kappa shape index (κ1) is 7.99. The van der Waals surface area contributed by atoms with Crippen molar-refractivity contribution >= 4 is 5.97 Å². The fourth-order valence-electron chi connectivity index (χ4n) is 0.242. The minimum Gasteiger partial charge on any atom is -0.372 e. The summed E-state index contributed by atoms with van der Waals surface area (Å²) in [7, 11) is 0. The largest absolute Gasteiger partial charge is 0.372 e. The Balaban J connectivity index is 3.35. The molecule has 0 aromatic heterocycles. The van der Waals surface area contributed by atoms with Crippen LogP contribution in [0.3, 0.4) is 0 Å². The smallest absolute Gasteiger partial charge is 0.322 e. The van der Waals surface area contributed by atoms with Gasteiger partial charge in [-0.2, -0.15) is 0 Å². The first-order valence-corrected chi connectivity index (χ1v) is 2.50. The molecule has 0 aliphatic heterocycles. The number of rotatable bonds is 2. The molecule has 0 atom stereocenters. The SMILES string of the molecule is CC#COC(=O)CC[O]. The number of hydrogen-bond acceptors (Lipinski definition) is 2. The molecule has 0 saturated carbocycles. The monoisotopic (exact) mass is 127 g/mol. The van der Waals surface area contributed by atoms with Gasteiger partial charge < -0.3 is 4.74 Å². The van der Waals surface area contributed by atoms with Gasteiger partial charge in [0.15, 0.2) is 0 Å². The maximum atomic E-state index is 10.3. The normalized spacial score (nSPS) is 7.33. The Hall–Kier alpha value is -1.01. The van der Waals surface area contributed by atoms with E-state index >= 15 is 0 Å². The van der Waals surface area contributed by atoms with Crippen molar-refractivity contribution in [3.63, 3.8) is 0 Å². The summed E-state index contributed by atoms with van der Waals surface area (Å²) in [5, 5.41) is 9.75. The zero-order chi connectivity index (χ0) is 7.11. The molecule has 0 fully saturated rings. The van der Waals surface area contributed by atoms with Crippen molar-refractivity contribution in [2.24, 2.45) is 0 Å². The van der Waals surface area contributed by atoms with Crippen molar-refractivity contribution < 1.29 is 14.6 Å². The molecule has 49 valence electrons. The van der Waals surface area contributed by atoms with Gasteiger partial charge in [0.25, 0.3) is 0 Å². The number of hydrogen-bond donors (Lipinski definition) is 0. The summed E-state index contributed by atoms with van der Waals surface area (Å²) in [6, 6.07) is 0. The third kappa shape index (κ3) is 4.85. The fraction of sp³-hybridized carbons (Fsp3) is 0.500. The van der Waals surface area contributed by atoms with E-state index in [1.54, 1.807) is 6.92 Å². The summed E-state index contributed by atoms with van der Waals surface area (Å²) in [5.74, 6) is 1.81. The van der Waals surface area contributed by atoms with Crippen LogP contribution in [0.4, 0.5) is 0 Å². The van der Waals surface area contributed by atoms with Crippen LogP contribution in [-0.4, -0.2) is 12.6 Å². The second-order valence-corrected chi connectivity index (χ2v) is 1.28. The second-order valence-electron chi connectivity index (χ2n) is 1.28. The summed E-state index contributed by atoms with van der Waals surface area (Å²) in [5.41, 5.74) is 0. The van der Waals surface area contributed by atoms with Crippen molar-refractivity contribution in [1.29, 1.82) is 0 Å². The first-order chi connectivity index (χ1) is 4.31. The highest BCUT2D eigenvalue weighted by molar-refractivity contribution is 5.70.